The van der Waals surface area contributed by atoms with Crippen LogP contribution in [0.2, 0.25) is 0 Å². The van der Waals surface area contributed by atoms with Gasteiger partial charge in [0.2, 0.25) is 0 Å². The van der Waals surface area contributed by atoms with Crippen molar-refractivity contribution in [2.75, 3.05) is 0 Å². The fourth-order valence-corrected chi connectivity index (χ4v) is 3.58. The molecule has 126 valence electrons. The van der Waals surface area contributed by atoms with Gasteiger partial charge in [-0.25, -0.2) is 0 Å². The van der Waals surface area contributed by atoms with Crippen molar-refractivity contribution in [3.8, 4) is 0 Å². The summed E-state index contributed by atoms with van der Waals surface area (Å²) in [6, 6.07) is 5.29. The summed E-state index contributed by atoms with van der Waals surface area (Å²) in [4.78, 5) is 18.2. The largest absolute Gasteiger partial charge is 0.416 e. The maximum Gasteiger partial charge on any atom is 0.416 e. The molecule has 0 bridgehead atoms. The van der Waals surface area contributed by atoms with Gasteiger partial charge in [0, 0.05) is 36.9 Å². The highest BCUT2D eigenvalue weighted by Gasteiger charge is 2.32. The van der Waals surface area contributed by atoms with E-state index in [1.54, 1.807) is 12.4 Å². The quantitative estimate of drug-likeness (QED) is 0.841. The fourth-order valence-electron chi connectivity index (χ4n) is 2.43. The minimum absolute atomic E-state index is 0.417. The normalized spacial score (nSPS) is 17.9. The molecule has 0 N–H and O–H groups in total. The first-order valence-electron chi connectivity index (χ1n) is 7.13. The number of allylic oxidation sites excluding steroid dienone is 1. The topological polar surface area (TPSA) is 38.1 Å². The van der Waals surface area contributed by atoms with Crippen molar-refractivity contribution in [3.63, 3.8) is 0 Å². The van der Waals surface area contributed by atoms with Gasteiger partial charge in [-0.3, -0.25) is 14.3 Å². The Kier molecular flexibility index (Phi) is 4.40. The van der Waals surface area contributed by atoms with Gasteiger partial charge in [0.25, 0.3) is 5.56 Å². The molecule has 3 heterocycles. The number of alkyl halides is 3. The van der Waals surface area contributed by atoms with Crippen LogP contribution in [-0.4, -0.2) is 14.5 Å². The molecule has 0 amide bonds. The van der Waals surface area contributed by atoms with Crippen LogP contribution in [0.25, 0.3) is 0 Å². The zero-order chi connectivity index (χ0) is 17.3. The molecule has 2 aromatic heterocycles. The molecule has 2 aromatic rings. The summed E-state index contributed by atoms with van der Waals surface area (Å²) in [5, 5.41) is 1.89. The van der Waals surface area contributed by atoms with E-state index in [1.807, 2.05) is 29.4 Å². The molecule has 4 nitrogen and oxygen atoms in total. The number of nitrogens with zero attached hydrogens (tertiary/aromatic N) is 3. The highest BCUT2D eigenvalue weighted by molar-refractivity contribution is 8.02. The third kappa shape index (κ3) is 3.33. The van der Waals surface area contributed by atoms with Crippen LogP contribution in [-0.2, 0) is 12.7 Å². The molecule has 0 aromatic carbocycles. The summed E-state index contributed by atoms with van der Waals surface area (Å²) in [6.07, 6.45) is 0.0712. The van der Waals surface area contributed by atoms with Crippen molar-refractivity contribution in [1.82, 2.24) is 14.5 Å². The van der Waals surface area contributed by atoms with Crippen LogP contribution in [0.3, 0.4) is 0 Å². The van der Waals surface area contributed by atoms with Gasteiger partial charge in [-0.15, -0.1) is 0 Å². The highest BCUT2D eigenvalue weighted by atomic mass is 32.2. The Morgan fingerprint density at radius 1 is 1.33 bits per heavy atom. The van der Waals surface area contributed by atoms with Gasteiger partial charge in [-0.2, -0.15) is 13.2 Å². The van der Waals surface area contributed by atoms with Crippen LogP contribution in [0.5, 0.6) is 0 Å². The standard InChI is InChI=1S/C16H14F3N3OS/c1-11-10-24-15(22(11)9-12-3-2-5-20-8-12)21-6-4-13(7-14(21)23)16(17,18)19/h2-8,10,15H,9H2,1H3. The zero-order valence-electron chi connectivity index (χ0n) is 12.7. The molecule has 0 saturated heterocycles. The zero-order valence-corrected chi connectivity index (χ0v) is 13.5. The van der Waals surface area contributed by atoms with Gasteiger partial charge in [0.05, 0.1) is 5.56 Å². The Morgan fingerprint density at radius 3 is 2.75 bits per heavy atom. The first kappa shape index (κ1) is 16.6. The second-order valence-electron chi connectivity index (χ2n) is 5.37. The number of thioether (sulfide) groups is 1. The summed E-state index contributed by atoms with van der Waals surface area (Å²) in [7, 11) is 0. The van der Waals surface area contributed by atoms with Crippen LogP contribution in [0, 0.1) is 0 Å². The predicted octanol–water partition coefficient (Wildman–Crippen LogP) is 3.83. The van der Waals surface area contributed by atoms with Gasteiger partial charge in [0.1, 0.15) is 0 Å². The van der Waals surface area contributed by atoms with E-state index in [0.29, 0.717) is 12.6 Å². The van der Waals surface area contributed by atoms with Crippen molar-refractivity contribution in [2.45, 2.75) is 25.1 Å². The second-order valence-corrected chi connectivity index (χ2v) is 6.30. The van der Waals surface area contributed by atoms with E-state index in [-0.39, 0.29) is 0 Å². The van der Waals surface area contributed by atoms with E-state index in [1.165, 1.54) is 22.5 Å². The third-order valence-corrected chi connectivity index (χ3v) is 4.87. The molecular formula is C16H14F3N3OS. The molecule has 24 heavy (non-hydrogen) atoms. The average molecular weight is 353 g/mol. The first-order valence-corrected chi connectivity index (χ1v) is 8.08. The van der Waals surface area contributed by atoms with Crippen molar-refractivity contribution in [1.29, 1.82) is 0 Å². The van der Waals surface area contributed by atoms with Crippen LogP contribution in [0.4, 0.5) is 13.2 Å². The number of rotatable bonds is 3. The molecule has 0 aliphatic carbocycles. The predicted molar refractivity (Wildman–Crippen MR) is 85.9 cm³/mol. The van der Waals surface area contributed by atoms with Crippen LogP contribution >= 0.6 is 11.8 Å². The molecule has 0 fully saturated rings. The Balaban J connectivity index is 1.90. The molecule has 1 unspecified atom stereocenters. The SMILES string of the molecule is CC1=CSC(n2ccc(C(F)(F)F)cc2=O)N1Cc1cccnc1. The minimum atomic E-state index is -4.52. The van der Waals surface area contributed by atoms with E-state index in [0.717, 1.165) is 17.3 Å². The Bertz CT molecular complexity index is 817. The molecule has 1 aliphatic rings. The van der Waals surface area contributed by atoms with Crippen molar-refractivity contribution < 1.29 is 13.2 Å². The molecule has 0 radical (unpaired) electrons. The molecule has 1 atom stereocenters. The molecule has 3 rings (SSSR count). The number of halogens is 3. The molecule has 0 spiro atoms. The molecule has 1 aliphatic heterocycles. The van der Waals surface area contributed by atoms with Gasteiger partial charge < -0.3 is 4.90 Å². The smallest absolute Gasteiger partial charge is 0.341 e. The lowest BCUT2D eigenvalue weighted by Gasteiger charge is -2.29. The summed E-state index contributed by atoms with van der Waals surface area (Å²) in [6.45, 7) is 2.42. The van der Waals surface area contributed by atoms with Crippen LogP contribution < -0.4 is 5.56 Å². The van der Waals surface area contributed by atoms with E-state index < -0.39 is 22.8 Å². The number of hydrogen-bond acceptors (Lipinski definition) is 4. The van der Waals surface area contributed by atoms with Crippen molar-refractivity contribution in [3.05, 3.63) is 75.4 Å². The number of pyridine rings is 2. The fraction of sp³-hybridized carbons (Fsp3) is 0.250. The highest BCUT2D eigenvalue weighted by Crippen LogP contribution is 2.39. The van der Waals surface area contributed by atoms with Crippen LogP contribution in [0.15, 0.2) is 58.8 Å². The second kappa shape index (κ2) is 6.35. The lowest BCUT2D eigenvalue weighted by molar-refractivity contribution is -0.137. The molecular weight excluding hydrogens is 339 g/mol. The summed E-state index contributed by atoms with van der Waals surface area (Å²) < 4.78 is 39.5. The number of aromatic nitrogens is 2. The summed E-state index contributed by atoms with van der Waals surface area (Å²) in [5.74, 6) is 0. The van der Waals surface area contributed by atoms with Gasteiger partial charge >= 0.3 is 6.18 Å². The minimum Gasteiger partial charge on any atom is -0.341 e. The maximum atomic E-state index is 12.7. The van der Waals surface area contributed by atoms with Gasteiger partial charge in [-0.1, -0.05) is 17.8 Å². The van der Waals surface area contributed by atoms with Crippen LogP contribution in [0.1, 0.15) is 23.5 Å². The molecule has 0 saturated carbocycles. The molecule has 8 heteroatoms. The Hall–Kier alpha value is -2.22. The third-order valence-electron chi connectivity index (χ3n) is 3.67. The Morgan fingerprint density at radius 2 is 2.12 bits per heavy atom. The summed E-state index contributed by atoms with van der Waals surface area (Å²) in [5.41, 5.74) is -0.129. The van der Waals surface area contributed by atoms with E-state index in [9.17, 15) is 18.0 Å². The lowest BCUT2D eigenvalue weighted by atomic mass is 10.2. The van der Waals surface area contributed by atoms with Crippen molar-refractivity contribution in [2.24, 2.45) is 0 Å². The van der Waals surface area contributed by atoms with Crippen molar-refractivity contribution >= 4 is 11.8 Å². The summed E-state index contributed by atoms with van der Waals surface area (Å²) >= 11 is 1.38. The van der Waals surface area contributed by atoms with E-state index >= 15 is 0 Å². The lowest BCUT2D eigenvalue weighted by Crippen LogP contribution is -2.32. The monoisotopic (exact) mass is 353 g/mol. The number of hydrogen-bond donors (Lipinski definition) is 0. The average Bonchev–Trinajstić information content (AvgIpc) is 2.88. The van der Waals surface area contributed by atoms with Gasteiger partial charge in [-0.05, 0) is 30.0 Å². The maximum absolute atomic E-state index is 12.7. The first-order chi connectivity index (χ1) is 11.4. The Labute approximate surface area is 140 Å². The van der Waals surface area contributed by atoms with Gasteiger partial charge in [0.15, 0.2) is 5.50 Å². The van der Waals surface area contributed by atoms with E-state index in [2.05, 4.69) is 4.98 Å². The van der Waals surface area contributed by atoms with E-state index in [4.69, 9.17) is 0 Å².